The Labute approximate surface area is 173 Å². The van der Waals surface area contributed by atoms with Crippen LogP contribution in [0.2, 0.25) is 10.0 Å². The van der Waals surface area contributed by atoms with Gasteiger partial charge in [0.25, 0.3) is 0 Å². The minimum Gasteiger partial charge on any atom is -0.478 e. The van der Waals surface area contributed by atoms with Crippen LogP contribution >= 0.6 is 23.2 Å². The number of halogens is 2. The number of furan rings is 1. The van der Waals surface area contributed by atoms with Crippen LogP contribution in [0, 0.1) is 0 Å². The zero-order valence-corrected chi connectivity index (χ0v) is 16.2. The fourth-order valence-electron chi connectivity index (χ4n) is 2.79. The van der Waals surface area contributed by atoms with E-state index in [0.717, 1.165) is 0 Å². The van der Waals surface area contributed by atoms with E-state index in [4.69, 9.17) is 41.9 Å². The van der Waals surface area contributed by atoms with Crippen molar-refractivity contribution in [1.29, 1.82) is 0 Å². The molecule has 8 heteroatoms. The van der Waals surface area contributed by atoms with Gasteiger partial charge in [0.05, 0.1) is 5.39 Å². The number of rotatable bonds is 5. The van der Waals surface area contributed by atoms with Crippen LogP contribution in [0.1, 0.15) is 16.3 Å². The van der Waals surface area contributed by atoms with Gasteiger partial charge in [-0.05, 0) is 54.6 Å². The van der Waals surface area contributed by atoms with Crippen molar-refractivity contribution in [2.24, 2.45) is 0 Å². The monoisotopic (exact) mass is 430 g/mol. The highest BCUT2D eigenvalue weighted by Gasteiger charge is 2.19. The van der Waals surface area contributed by atoms with Crippen LogP contribution in [-0.2, 0) is 6.61 Å². The summed E-state index contributed by atoms with van der Waals surface area (Å²) in [6, 6.07) is 14.2. The molecule has 2 heterocycles. The number of carbonyl (C=O) groups is 1. The SMILES string of the molecule is O=C(O)c1ccc(COc2c(-c3ccc(Cl)cc3)oc3ccc(Cl)cc3c2=O)o1. The van der Waals surface area contributed by atoms with Gasteiger partial charge in [0.1, 0.15) is 18.0 Å². The fourth-order valence-corrected chi connectivity index (χ4v) is 3.08. The Bertz CT molecular complexity index is 1270. The molecule has 0 spiro atoms. The van der Waals surface area contributed by atoms with Gasteiger partial charge >= 0.3 is 5.97 Å². The molecule has 0 amide bonds. The molecular formula is C21H12Cl2O6. The van der Waals surface area contributed by atoms with Gasteiger partial charge in [0.2, 0.25) is 16.9 Å². The third-order valence-electron chi connectivity index (χ3n) is 4.15. The summed E-state index contributed by atoms with van der Waals surface area (Å²) in [6.07, 6.45) is 0. The second-order valence-electron chi connectivity index (χ2n) is 6.10. The second-order valence-corrected chi connectivity index (χ2v) is 6.97. The number of hydrogen-bond acceptors (Lipinski definition) is 5. The van der Waals surface area contributed by atoms with Crippen molar-refractivity contribution in [3.05, 3.63) is 86.4 Å². The highest BCUT2D eigenvalue weighted by molar-refractivity contribution is 6.31. The lowest BCUT2D eigenvalue weighted by atomic mass is 10.1. The van der Waals surface area contributed by atoms with Crippen molar-refractivity contribution in [2.45, 2.75) is 6.61 Å². The number of carboxylic acids is 1. The summed E-state index contributed by atoms with van der Waals surface area (Å²) in [5.74, 6) is -1.01. The lowest BCUT2D eigenvalue weighted by Crippen LogP contribution is -2.10. The molecule has 0 aliphatic heterocycles. The van der Waals surface area contributed by atoms with Gasteiger partial charge in [-0.3, -0.25) is 4.79 Å². The fraction of sp³-hybridized carbons (Fsp3) is 0.0476. The van der Waals surface area contributed by atoms with Crippen molar-refractivity contribution in [1.82, 2.24) is 0 Å². The number of aromatic carboxylic acids is 1. The number of ether oxygens (including phenoxy) is 1. The molecule has 0 aliphatic carbocycles. The molecule has 0 aliphatic rings. The van der Waals surface area contributed by atoms with Crippen molar-refractivity contribution < 1.29 is 23.5 Å². The van der Waals surface area contributed by atoms with E-state index in [1.54, 1.807) is 36.4 Å². The Balaban J connectivity index is 1.81. The van der Waals surface area contributed by atoms with Gasteiger partial charge in [0.15, 0.2) is 5.76 Å². The van der Waals surface area contributed by atoms with Crippen LogP contribution in [0.5, 0.6) is 5.75 Å². The lowest BCUT2D eigenvalue weighted by molar-refractivity contribution is 0.0658. The zero-order valence-electron chi connectivity index (χ0n) is 14.6. The first kappa shape index (κ1) is 19.1. The average Bonchev–Trinajstić information content (AvgIpc) is 3.18. The van der Waals surface area contributed by atoms with Gasteiger partial charge in [-0.25, -0.2) is 4.79 Å². The van der Waals surface area contributed by atoms with Gasteiger partial charge < -0.3 is 18.7 Å². The second kappa shape index (κ2) is 7.66. The third-order valence-corrected chi connectivity index (χ3v) is 4.64. The summed E-state index contributed by atoms with van der Waals surface area (Å²) < 4.78 is 16.8. The van der Waals surface area contributed by atoms with E-state index in [1.165, 1.54) is 18.2 Å². The Morgan fingerprint density at radius 1 is 0.966 bits per heavy atom. The molecule has 0 saturated heterocycles. The summed E-state index contributed by atoms with van der Waals surface area (Å²) in [4.78, 5) is 24.0. The average molecular weight is 431 g/mol. The van der Waals surface area contributed by atoms with E-state index in [1.807, 2.05) is 0 Å². The van der Waals surface area contributed by atoms with Crippen LogP contribution < -0.4 is 10.2 Å². The van der Waals surface area contributed by atoms with Crippen molar-refractivity contribution in [2.75, 3.05) is 0 Å². The molecule has 4 aromatic rings. The molecule has 0 fully saturated rings. The van der Waals surface area contributed by atoms with Crippen molar-refractivity contribution >= 4 is 40.1 Å². The van der Waals surface area contributed by atoms with Gasteiger partial charge in [-0.15, -0.1) is 0 Å². The van der Waals surface area contributed by atoms with Crippen molar-refractivity contribution in [3.63, 3.8) is 0 Å². The molecule has 1 N–H and O–H groups in total. The van der Waals surface area contributed by atoms with Crippen LogP contribution in [0.15, 0.2) is 68.2 Å². The largest absolute Gasteiger partial charge is 0.478 e. The first-order valence-corrected chi connectivity index (χ1v) is 9.15. The molecule has 29 heavy (non-hydrogen) atoms. The van der Waals surface area contributed by atoms with E-state index in [9.17, 15) is 9.59 Å². The number of hydrogen-bond donors (Lipinski definition) is 1. The molecule has 0 bridgehead atoms. The summed E-state index contributed by atoms with van der Waals surface area (Å²) in [6.45, 7) is -0.162. The van der Waals surface area contributed by atoms with Crippen molar-refractivity contribution in [3.8, 4) is 17.1 Å². The Morgan fingerprint density at radius 2 is 1.69 bits per heavy atom. The highest BCUT2D eigenvalue weighted by atomic mass is 35.5. The summed E-state index contributed by atoms with van der Waals surface area (Å²) >= 11 is 12.0. The smallest absolute Gasteiger partial charge is 0.371 e. The van der Waals surface area contributed by atoms with E-state index in [2.05, 4.69) is 0 Å². The molecule has 146 valence electrons. The van der Waals surface area contributed by atoms with E-state index in [0.29, 0.717) is 21.2 Å². The molecule has 6 nitrogen and oxygen atoms in total. The Hall–Kier alpha value is -3.22. The minimum absolute atomic E-state index is 0.0460. The third kappa shape index (κ3) is 3.85. The van der Waals surface area contributed by atoms with Crippen LogP contribution in [0.3, 0.4) is 0 Å². The topological polar surface area (TPSA) is 89.9 Å². The maximum atomic E-state index is 13.1. The van der Waals surface area contributed by atoms with Gasteiger partial charge in [-0.1, -0.05) is 23.2 Å². The highest BCUT2D eigenvalue weighted by Crippen LogP contribution is 2.33. The molecule has 2 aromatic carbocycles. The number of benzene rings is 2. The summed E-state index contributed by atoms with van der Waals surface area (Å²) in [5.41, 5.74) is 0.524. The van der Waals surface area contributed by atoms with E-state index < -0.39 is 11.4 Å². The molecule has 0 unspecified atom stereocenters. The predicted molar refractivity (Wildman–Crippen MR) is 108 cm³/mol. The quantitative estimate of drug-likeness (QED) is 0.440. The number of carboxylic acid groups (broad SMARTS) is 1. The summed E-state index contributed by atoms with van der Waals surface area (Å²) in [7, 11) is 0. The van der Waals surface area contributed by atoms with Crippen LogP contribution in [0.4, 0.5) is 0 Å². The Kier molecular flexibility index (Phi) is 5.05. The number of fused-ring (bicyclic) bond motifs is 1. The maximum absolute atomic E-state index is 13.1. The molecule has 0 atom stereocenters. The normalized spacial score (nSPS) is 11.0. The van der Waals surface area contributed by atoms with Crippen LogP contribution in [-0.4, -0.2) is 11.1 Å². The van der Waals surface area contributed by atoms with Crippen LogP contribution in [0.25, 0.3) is 22.3 Å². The zero-order chi connectivity index (χ0) is 20.5. The first-order chi connectivity index (χ1) is 13.9. The molecule has 2 aromatic heterocycles. The molecule has 0 saturated carbocycles. The molecule has 4 rings (SSSR count). The standard InChI is InChI=1S/C21H12Cl2O6/c22-12-3-1-11(2-4-12)19-20(27-10-14-6-8-17(28-14)21(25)26)18(24)15-9-13(23)5-7-16(15)29-19/h1-9H,10H2,(H,25,26). The van der Waals surface area contributed by atoms with Gasteiger partial charge in [0, 0.05) is 15.6 Å². The maximum Gasteiger partial charge on any atom is 0.371 e. The Morgan fingerprint density at radius 3 is 2.38 bits per heavy atom. The molecule has 0 radical (unpaired) electrons. The van der Waals surface area contributed by atoms with Gasteiger partial charge in [-0.2, -0.15) is 0 Å². The lowest BCUT2D eigenvalue weighted by Gasteiger charge is -2.11. The molecular weight excluding hydrogens is 419 g/mol. The minimum atomic E-state index is -1.20. The first-order valence-electron chi connectivity index (χ1n) is 8.39. The predicted octanol–water partition coefficient (Wildman–Crippen LogP) is 5.64. The van der Waals surface area contributed by atoms with E-state index >= 15 is 0 Å². The summed E-state index contributed by atoms with van der Waals surface area (Å²) in [5, 5.41) is 10.1. The van der Waals surface area contributed by atoms with E-state index in [-0.39, 0.29) is 35.0 Å².